The molecule has 0 radical (unpaired) electrons. The summed E-state index contributed by atoms with van der Waals surface area (Å²) in [6.45, 7) is 0. The Bertz CT molecular complexity index is 827. The molecule has 0 aliphatic rings. The third kappa shape index (κ3) is 2.79. The highest BCUT2D eigenvalue weighted by atomic mass is 16.3. The molecule has 0 saturated heterocycles. The second-order valence-electron chi connectivity index (χ2n) is 5.13. The van der Waals surface area contributed by atoms with Crippen LogP contribution in [0, 0.1) is 0 Å². The predicted octanol–water partition coefficient (Wildman–Crippen LogP) is 2.42. The Kier molecular flexibility index (Phi) is 3.44. The molecule has 0 bridgehead atoms. The molecule has 1 N–H and O–H groups in total. The van der Waals surface area contributed by atoms with Gasteiger partial charge in [0, 0.05) is 13.1 Å². The van der Waals surface area contributed by atoms with Crippen molar-refractivity contribution < 1.29 is 5.11 Å². The average molecular weight is 280 g/mol. The fraction of sp³-hybridized carbons (Fsp3) is 0.176. The first-order chi connectivity index (χ1) is 10.1. The van der Waals surface area contributed by atoms with Crippen molar-refractivity contribution in [2.45, 2.75) is 12.8 Å². The minimum absolute atomic E-state index is 0.249. The molecule has 2 aromatic carbocycles. The minimum atomic E-state index is -0.468. The highest BCUT2D eigenvalue weighted by Crippen LogP contribution is 2.17. The highest BCUT2D eigenvalue weighted by molar-refractivity contribution is 5.82. The summed E-state index contributed by atoms with van der Waals surface area (Å²) in [5.74, 6) is -0.249. The standard InChI is InChI=1S/C17H16N2O2/c1-19-17(21)16(20)11-15(18-19)9-7-12-6-8-13-4-2-3-5-14(13)10-12/h2-6,8,10-11,20H,7,9H2,1H3. The molecule has 1 aromatic heterocycles. The molecule has 4 nitrogen and oxygen atoms in total. The van der Waals surface area contributed by atoms with Crippen LogP contribution in [0.25, 0.3) is 10.8 Å². The summed E-state index contributed by atoms with van der Waals surface area (Å²) in [6.07, 6.45) is 1.50. The molecule has 3 rings (SSSR count). The maximum Gasteiger partial charge on any atom is 0.308 e. The molecular weight excluding hydrogens is 264 g/mol. The normalized spacial score (nSPS) is 10.9. The van der Waals surface area contributed by atoms with Gasteiger partial charge in [-0.15, -0.1) is 0 Å². The van der Waals surface area contributed by atoms with Crippen LogP contribution in [0.1, 0.15) is 11.3 Å². The van der Waals surface area contributed by atoms with E-state index < -0.39 is 5.56 Å². The molecule has 3 aromatic rings. The van der Waals surface area contributed by atoms with E-state index in [1.54, 1.807) is 7.05 Å². The van der Waals surface area contributed by atoms with E-state index in [0.717, 1.165) is 6.42 Å². The van der Waals surface area contributed by atoms with Crippen molar-refractivity contribution in [3.05, 3.63) is 70.1 Å². The van der Waals surface area contributed by atoms with Gasteiger partial charge >= 0.3 is 5.56 Å². The summed E-state index contributed by atoms with van der Waals surface area (Å²) in [5.41, 5.74) is 1.45. The maximum atomic E-state index is 11.4. The molecule has 21 heavy (non-hydrogen) atoms. The number of hydrogen-bond donors (Lipinski definition) is 1. The zero-order valence-corrected chi connectivity index (χ0v) is 11.8. The number of aromatic nitrogens is 2. The first-order valence-corrected chi connectivity index (χ1v) is 6.87. The van der Waals surface area contributed by atoms with E-state index in [9.17, 15) is 9.90 Å². The van der Waals surface area contributed by atoms with E-state index in [1.165, 1.54) is 27.1 Å². The molecule has 4 heteroatoms. The van der Waals surface area contributed by atoms with E-state index in [2.05, 4.69) is 35.4 Å². The quantitative estimate of drug-likeness (QED) is 0.801. The third-order valence-corrected chi connectivity index (χ3v) is 3.58. The van der Waals surface area contributed by atoms with Crippen LogP contribution in [0.15, 0.2) is 53.3 Å². The van der Waals surface area contributed by atoms with E-state index in [-0.39, 0.29) is 5.75 Å². The van der Waals surface area contributed by atoms with Crippen LogP contribution in [0.5, 0.6) is 5.75 Å². The summed E-state index contributed by atoms with van der Waals surface area (Å²) >= 11 is 0. The Morgan fingerprint density at radius 2 is 1.81 bits per heavy atom. The van der Waals surface area contributed by atoms with Gasteiger partial charge in [0.05, 0.1) is 5.69 Å². The first-order valence-electron chi connectivity index (χ1n) is 6.87. The Balaban J connectivity index is 1.81. The Hall–Kier alpha value is -2.62. The third-order valence-electron chi connectivity index (χ3n) is 3.58. The summed E-state index contributed by atoms with van der Waals surface area (Å²) in [6, 6.07) is 16.1. The number of benzene rings is 2. The summed E-state index contributed by atoms with van der Waals surface area (Å²) in [5, 5.41) is 16.1. The van der Waals surface area contributed by atoms with Gasteiger partial charge in [-0.25, -0.2) is 4.68 Å². The molecule has 0 aliphatic heterocycles. The number of aromatic hydroxyl groups is 1. The van der Waals surface area contributed by atoms with Crippen LogP contribution >= 0.6 is 0 Å². The average Bonchev–Trinajstić information content (AvgIpc) is 2.50. The highest BCUT2D eigenvalue weighted by Gasteiger charge is 2.05. The molecule has 0 spiro atoms. The summed E-state index contributed by atoms with van der Waals surface area (Å²) in [7, 11) is 1.54. The molecular formula is C17H16N2O2. The molecule has 0 saturated carbocycles. The van der Waals surface area contributed by atoms with E-state index in [0.29, 0.717) is 12.1 Å². The van der Waals surface area contributed by atoms with Gasteiger partial charge in [0.2, 0.25) is 0 Å². The largest absolute Gasteiger partial charge is 0.503 e. The van der Waals surface area contributed by atoms with Crippen LogP contribution in [0.2, 0.25) is 0 Å². The number of rotatable bonds is 3. The number of nitrogens with zero attached hydrogens (tertiary/aromatic N) is 2. The molecule has 0 aliphatic carbocycles. The SMILES string of the molecule is Cn1nc(CCc2ccc3ccccc3c2)cc(O)c1=O. The van der Waals surface area contributed by atoms with Crippen LogP contribution in [0.4, 0.5) is 0 Å². The van der Waals surface area contributed by atoms with Crippen LogP contribution in [0.3, 0.4) is 0 Å². The lowest BCUT2D eigenvalue weighted by Crippen LogP contribution is -2.20. The van der Waals surface area contributed by atoms with Gasteiger partial charge in [-0.05, 0) is 29.2 Å². The van der Waals surface area contributed by atoms with E-state index in [1.807, 2.05) is 12.1 Å². The topological polar surface area (TPSA) is 55.1 Å². The van der Waals surface area contributed by atoms with E-state index in [4.69, 9.17) is 0 Å². The van der Waals surface area contributed by atoms with Crippen molar-refractivity contribution in [1.29, 1.82) is 0 Å². The van der Waals surface area contributed by atoms with Crippen molar-refractivity contribution in [2.75, 3.05) is 0 Å². The fourth-order valence-corrected chi connectivity index (χ4v) is 2.44. The number of hydrogen-bond acceptors (Lipinski definition) is 3. The lowest BCUT2D eigenvalue weighted by atomic mass is 10.0. The molecule has 0 unspecified atom stereocenters. The molecule has 0 amide bonds. The van der Waals surface area contributed by atoms with Crippen molar-refractivity contribution >= 4 is 10.8 Å². The molecule has 0 atom stereocenters. The van der Waals surface area contributed by atoms with E-state index >= 15 is 0 Å². The van der Waals surface area contributed by atoms with Gasteiger partial charge in [0.1, 0.15) is 0 Å². The van der Waals surface area contributed by atoms with Crippen molar-refractivity contribution in [3.63, 3.8) is 0 Å². The van der Waals surface area contributed by atoms with Crippen molar-refractivity contribution in [2.24, 2.45) is 7.05 Å². The predicted molar refractivity (Wildman–Crippen MR) is 82.5 cm³/mol. The molecule has 1 heterocycles. The van der Waals surface area contributed by atoms with Crippen LogP contribution < -0.4 is 5.56 Å². The van der Waals surface area contributed by atoms with Gasteiger partial charge in [-0.3, -0.25) is 4.79 Å². The lowest BCUT2D eigenvalue weighted by Gasteiger charge is -2.06. The van der Waals surface area contributed by atoms with Gasteiger partial charge in [-0.2, -0.15) is 5.10 Å². The van der Waals surface area contributed by atoms with Gasteiger partial charge in [-0.1, -0.05) is 42.5 Å². The Labute approximate surface area is 122 Å². The monoisotopic (exact) mass is 280 g/mol. The summed E-state index contributed by atoms with van der Waals surface area (Å²) < 4.78 is 1.17. The van der Waals surface area contributed by atoms with Crippen molar-refractivity contribution in [1.82, 2.24) is 9.78 Å². The van der Waals surface area contributed by atoms with Gasteiger partial charge < -0.3 is 5.11 Å². The van der Waals surface area contributed by atoms with Crippen LogP contribution in [-0.2, 0) is 19.9 Å². The van der Waals surface area contributed by atoms with Crippen LogP contribution in [-0.4, -0.2) is 14.9 Å². The second-order valence-corrected chi connectivity index (χ2v) is 5.13. The maximum absolute atomic E-state index is 11.4. The summed E-state index contributed by atoms with van der Waals surface area (Å²) in [4.78, 5) is 11.4. The first kappa shape index (κ1) is 13.4. The Morgan fingerprint density at radius 1 is 1.05 bits per heavy atom. The smallest absolute Gasteiger partial charge is 0.308 e. The second kappa shape index (κ2) is 5.40. The number of aryl methyl sites for hydroxylation is 3. The van der Waals surface area contributed by atoms with Crippen molar-refractivity contribution in [3.8, 4) is 5.75 Å². The Morgan fingerprint density at radius 3 is 2.57 bits per heavy atom. The molecule has 0 fully saturated rings. The zero-order valence-electron chi connectivity index (χ0n) is 11.8. The minimum Gasteiger partial charge on any atom is -0.503 e. The zero-order chi connectivity index (χ0) is 14.8. The fourth-order valence-electron chi connectivity index (χ4n) is 2.44. The van der Waals surface area contributed by atoms with Gasteiger partial charge in [0.25, 0.3) is 0 Å². The number of fused-ring (bicyclic) bond motifs is 1. The molecule has 106 valence electrons. The lowest BCUT2D eigenvalue weighted by molar-refractivity contribution is 0.451. The van der Waals surface area contributed by atoms with Gasteiger partial charge in [0.15, 0.2) is 5.75 Å².